The van der Waals surface area contributed by atoms with Crippen molar-refractivity contribution in [3.8, 4) is 0 Å². The highest BCUT2D eigenvalue weighted by molar-refractivity contribution is 5.90. The van der Waals surface area contributed by atoms with Gasteiger partial charge in [-0.15, -0.1) is 0 Å². The van der Waals surface area contributed by atoms with Gasteiger partial charge in [0.25, 0.3) is 0 Å². The maximum absolute atomic E-state index is 12.3. The number of nitrogens with zero attached hydrogens (tertiary/aromatic N) is 1. The summed E-state index contributed by atoms with van der Waals surface area (Å²) in [5, 5.41) is 2.66. The largest absolute Gasteiger partial charge is 0.463 e. The van der Waals surface area contributed by atoms with Gasteiger partial charge < -0.3 is 19.5 Å². The second kappa shape index (κ2) is 7.83. The van der Waals surface area contributed by atoms with E-state index in [4.69, 9.17) is 14.2 Å². The van der Waals surface area contributed by atoms with Gasteiger partial charge in [-0.1, -0.05) is 0 Å². The van der Waals surface area contributed by atoms with Gasteiger partial charge in [-0.05, 0) is 33.6 Å². The van der Waals surface area contributed by atoms with Crippen molar-refractivity contribution in [1.82, 2.24) is 10.2 Å². The number of esters is 1. The quantitative estimate of drug-likeness (QED) is 0.761. The molecule has 2 aliphatic rings. The second-order valence-electron chi connectivity index (χ2n) is 7.00. The number of hydrogen-bond donors (Lipinski definition) is 1. The molecule has 1 N–H and O–H groups in total. The van der Waals surface area contributed by atoms with Crippen molar-refractivity contribution >= 4 is 18.0 Å². The zero-order valence-electron chi connectivity index (χ0n) is 14.5. The Balaban J connectivity index is 1.91. The summed E-state index contributed by atoms with van der Waals surface area (Å²) < 4.78 is 15.9. The van der Waals surface area contributed by atoms with Gasteiger partial charge in [0.1, 0.15) is 18.2 Å². The number of ether oxygens (including phenoxy) is 3. The minimum absolute atomic E-state index is 0.0731. The van der Waals surface area contributed by atoms with E-state index in [9.17, 15) is 14.4 Å². The lowest BCUT2D eigenvalue weighted by Crippen LogP contribution is -2.58. The highest BCUT2D eigenvalue weighted by atomic mass is 16.6. The zero-order valence-corrected chi connectivity index (χ0v) is 14.5. The summed E-state index contributed by atoms with van der Waals surface area (Å²) in [6, 6.07) is -0.911. The van der Waals surface area contributed by atoms with Crippen molar-refractivity contribution in [3.05, 3.63) is 0 Å². The van der Waals surface area contributed by atoms with Gasteiger partial charge in [0.2, 0.25) is 5.91 Å². The maximum atomic E-state index is 12.3. The first-order valence-corrected chi connectivity index (χ1v) is 8.31. The van der Waals surface area contributed by atoms with Gasteiger partial charge in [-0.2, -0.15) is 0 Å². The topological polar surface area (TPSA) is 94.2 Å². The fourth-order valence-corrected chi connectivity index (χ4v) is 2.64. The molecule has 2 fully saturated rings. The number of piperazine rings is 1. The summed E-state index contributed by atoms with van der Waals surface area (Å²) >= 11 is 0. The van der Waals surface area contributed by atoms with E-state index in [1.165, 1.54) is 4.90 Å². The zero-order chi connectivity index (χ0) is 17.7. The molecule has 0 aromatic heterocycles. The minimum Gasteiger partial charge on any atom is -0.463 e. The maximum Gasteiger partial charge on any atom is 0.411 e. The fraction of sp³-hybridized carbons (Fsp3) is 0.812. The molecule has 136 valence electrons. The van der Waals surface area contributed by atoms with Crippen LogP contribution in [-0.2, 0) is 23.8 Å². The van der Waals surface area contributed by atoms with Crippen LogP contribution in [0.3, 0.4) is 0 Å². The first-order chi connectivity index (χ1) is 11.3. The van der Waals surface area contributed by atoms with Crippen molar-refractivity contribution in [2.75, 3.05) is 26.3 Å². The molecule has 0 bridgehead atoms. The summed E-state index contributed by atoms with van der Waals surface area (Å²) in [7, 11) is 0. The molecule has 0 saturated carbocycles. The highest BCUT2D eigenvalue weighted by Gasteiger charge is 2.37. The number of amides is 2. The Hall–Kier alpha value is -1.83. The van der Waals surface area contributed by atoms with Gasteiger partial charge in [0.05, 0.1) is 12.5 Å². The molecule has 0 unspecified atom stereocenters. The van der Waals surface area contributed by atoms with Crippen LogP contribution in [0, 0.1) is 0 Å². The molecule has 24 heavy (non-hydrogen) atoms. The predicted octanol–water partition coefficient (Wildman–Crippen LogP) is 0.834. The summed E-state index contributed by atoms with van der Waals surface area (Å²) in [4.78, 5) is 37.7. The SMILES string of the molecule is CC(C)(C)OC(=O)N1CCNC(=O)[C@H]1CC(=O)OC[C@@H]1CCCO1. The van der Waals surface area contributed by atoms with E-state index < -0.39 is 23.7 Å². The third kappa shape index (κ3) is 5.36. The van der Waals surface area contributed by atoms with Crippen molar-refractivity contribution in [2.24, 2.45) is 0 Å². The summed E-state index contributed by atoms with van der Waals surface area (Å²) in [6.45, 7) is 6.74. The monoisotopic (exact) mass is 342 g/mol. The number of hydrogen-bond acceptors (Lipinski definition) is 6. The molecule has 2 amide bonds. The lowest BCUT2D eigenvalue weighted by Gasteiger charge is -2.35. The second-order valence-corrected chi connectivity index (χ2v) is 7.00. The van der Waals surface area contributed by atoms with Crippen molar-refractivity contribution in [2.45, 2.75) is 57.8 Å². The Morgan fingerprint density at radius 3 is 2.75 bits per heavy atom. The molecule has 2 rings (SSSR count). The molecule has 8 nitrogen and oxygen atoms in total. The van der Waals surface area contributed by atoms with Crippen LogP contribution in [0.1, 0.15) is 40.0 Å². The molecule has 2 aliphatic heterocycles. The molecule has 2 saturated heterocycles. The lowest BCUT2D eigenvalue weighted by molar-refractivity contribution is -0.150. The van der Waals surface area contributed by atoms with Crippen LogP contribution in [-0.4, -0.2) is 66.9 Å². The number of rotatable bonds is 4. The third-order valence-electron chi connectivity index (χ3n) is 3.77. The predicted molar refractivity (Wildman–Crippen MR) is 84.3 cm³/mol. The molecule has 0 aromatic rings. The van der Waals surface area contributed by atoms with Gasteiger partial charge >= 0.3 is 12.1 Å². The molecule has 8 heteroatoms. The summed E-state index contributed by atoms with van der Waals surface area (Å²) in [5.41, 5.74) is -0.671. The highest BCUT2D eigenvalue weighted by Crippen LogP contribution is 2.17. The standard InChI is InChI=1S/C16H26N2O6/c1-16(2,3)24-15(21)18-7-6-17-14(20)12(18)9-13(19)23-10-11-5-4-8-22-11/h11-12H,4-10H2,1-3H3,(H,17,20)/t11-,12+/m0/s1. The molecule has 0 aromatic carbocycles. The summed E-state index contributed by atoms with van der Waals surface area (Å²) in [6.07, 6.45) is 0.948. The van der Waals surface area contributed by atoms with E-state index in [1.54, 1.807) is 20.8 Å². The van der Waals surface area contributed by atoms with Crippen LogP contribution in [0.4, 0.5) is 4.79 Å². The third-order valence-corrected chi connectivity index (χ3v) is 3.77. The van der Waals surface area contributed by atoms with Crippen LogP contribution < -0.4 is 5.32 Å². The molecule has 2 heterocycles. The van der Waals surface area contributed by atoms with Crippen molar-refractivity contribution in [1.29, 1.82) is 0 Å². The van der Waals surface area contributed by atoms with Crippen molar-refractivity contribution < 1.29 is 28.6 Å². The van der Waals surface area contributed by atoms with Crippen LogP contribution in [0.25, 0.3) is 0 Å². The van der Waals surface area contributed by atoms with E-state index in [0.29, 0.717) is 19.7 Å². The van der Waals surface area contributed by atoms with Gasteiger partial charge in [0, 0.05) is 19.7 Å². The Kier molecular flexibility index (Phi) is 6.04. The molecule has 0 radical (unpaired) electrons. The molecule has 2 atom stereocenters. The number of carbonyl (C=O) groups is 3. The molecular weight excluding hydrogens is 316 g/mol. The average molecular weight is 342 g/mol. The Labute approximate surface area is 141 Å². The molecule has 0 aliphatic carbocycles. The molecule has 0 spiro atoms. The smallest absolute Gasteiger partial charge is 0.411 e. The fourth-order valence-electron chi connectivity index (χ4n) is 2.64. The Morgan fingerprint density at radius 2 is 2.12 bits per heavy atom. The van der Waals surface area contributed by atoms with Crippen LogP contribution in [0.2, 0.25) is 0 Å². The Bertz CT molecular complexity index is 481. The number of carbonyl (C=O) groups excluding carboxylic acids is 3. The van der Waals surface area contributed by atoms with Gasteiger partial charge in [-0.25, -0.2) is 4.79 Å². The average Bonchev–Trinajstić information content (AvgIpc) is 2.98. The first-order valence-electron chi connectivity index (χ1n) is 8.31. The lowest BCUT2D eigenvalue weighted by atomic mass is 10.1. The number of nitrogens with one attached hydrogen (secondary N) is 1. The van der Waals surface area contributed by atoms with Gasteiger partial charge in [-0.3, -0.25) is 14.5 Å². The van der Waals surface area contributed by atoms with E-state index in [-0.39, 0.29) is 25.0 Å². The minimum atomic E-state index is -0.911. The van der Waals surface area contributed by atoms with Crippen molar-refractivity contribution in [3.63, 3.8) is 0 Å². The van der Waals surface area contributed by atoms with Crippen LogP contribution >= 0.6 is 0 Å². The van der Waals surface area contributed by atoms with E-state index >= 15 is 0 Å². The van der Waals surface area contributed by atoms with Gasteiger partial charge in [0.15, 0.2) is 0 Å². The first kappa shape index (κ1) is 18.5. The van der Waals surface area contributed by atoms with E-state index in [2.05, 4.69) is 5.32 Å². The summed E-state index contributed by atoms with van der Waals surface area (Å²) in [5.74, 6) is -0.901. The van der Waals surface area contributed by atoms with Crippen LogP contribution in [0.15, 0.2) is 0 Å². The van der Waals surface area contributed by atoms with Crippen LogP contribution in [0.5, 0.6) is 0 Å². The Morgan fingerprint density at radius 1 is 1.38 bits per heavy atom. The normalized spacial score (nSPS) is 24.5. The molecular formula is C16H26N2O6. The van der Waals surface area contributed by atoms with E-state index in [0.717, 1.165) is 12.8 Å². The van der Waals surface area contributed by atoms with E-state index in [1.807, 2.05) is 0 Å².